The molecule has 0 saturated carbocycles. The molecule has 0 amide bonds. The van der Waals surface area contributed by atoms with E-state index < -0.39 is 27.9 Å². The lowest BCUT2D eigenvalue weighted by Crippen LogP contribution is -2.33. The van der Waals surface area contributed by atoms with E-state index in [1.54, 1.807) is 0 Å². The molecule has 1 aliphatic rings. The summed E-state index contributed by atoms with van der Waals surface area (Å²) in [5.74, 6) is -1.19. The van der Waals surface area contributed by atoms with Gasteiger partial charge in [0.15, 0.2) is 0 Å². The van der Waals surface area contributed by atoms with E-state index in [2.05, 4.69) is 5.10 Å². The molecule has 0 bridgehead atoms. The largest absolute Gasteiger partial charge is 0.480 e. The Balaban J connectivity index is 1.59. The van der Waals surface area contributed by atoms with E-state index in [1.165, 1.54) is 52.6 Å². The molecule has 8 nitrogen and oxygen atoms in total. The first-order chi connectivity index (χ1) is 16.1. The second-order valence-corrected chi connectivity index (χ2v) is 10.6. The van der Waals surface area contributed by atoms with Gasteiger partial charge in [-0.05, 0) is 49.6 Å². The van der Waals surface area contributed by atoms with E-state index >= 15 is 0 Å². The van der Waals surface area contributed by atoms with Crippen LogP contribution in [0.3, 0.4) is 0 Å². The molecule has 1 aromatic heterocycles. The molecule has 0 spiro atoms. The maximum absolute atomic E-state index is 13.4. The predicted octanol–water partition coefficient (Wildman–Crippen LogP) is 4.90. The summed E-state index contributed by atoms with van der Waals surface area (Å²) in [6.07, 6.45) is 3.42. The molecular formula is C22H20Cl2FN3O5S. The lowest BCUT2D eigenvalue weighted by atomic mass is 9.93. The Kier molecular flexibility index (Phi) is 6.86. The van der Waals surface area contributed by atoms with Gasteiger partial charge in [0.25, 0.3) is 0 Å². The van der Waals surface area contributed by atoms with Crippen LogP contribution in [-0.4, -0.2) is 40.6 Å². The number of fused-ring (bicyclic) bond motifs is 1. The van der Waals surface area contributed by atoms with Gasteiger partial charge in [-0.25, -0.2) is 12.8 Å². The molecule has 0 fully saturated rings. The van der Waals surface area contributed by atoms with Crippen LogP contribution in [0.2, 0.25) is 10.0 Å². The van der Waals surface area contributed by atoms with Gasteiger partial charge in [-0.1, -0.05) is 23.2 Å². The minimum atomic E-state index is -3.95. The van der Waals surface area contributed by atoms with Crippen molar-refractivity contribution >= 4 is 39.2 Å². The van der Waals surface area contributed by atoms with Gasteiger partial charge in [-0.15, -0.1) is 0 Å². The number of hydrogen-bond acceptors (Lipinski definition) is 5. The third-order valence-corrected chi connectivity index (χ3v) is 8.10. The Labute approximate surface area is 205 Å². The number of benzene rings is 2. The molecule has 34 heavy (non-hydrogen) atoms. The second kappa shape index (κ2) is 9.53. The highest BCUT2D eigenvalue weighted by Crippen LogP contribution is 2.38. The second-order valence-electron chi connectivity index (χ2n) is 7.80. The fourth-order valence-corrected chi connectivity index (χ4v) is 5.81. The summed E-state index contributed by atoms with van der Waals surface area (Å²) in [7, 11) is -2.48. The van der Waals surface area contributed by atoms with E-state index in [9.17, 15) is 17.6 Å². The standard InChI is InChI=1S/C22H20Cl2FN3O5S/c1-27(19-3-2-4-20-15(19)11-26-28(20)12-22(29)30)34(31,32)14-6-8-21(17(24)10-14)33-13-5-7-18(25)16(23)9-13/h5-11,19H,2-4,12H2,1H3,(H,29,30)/t19-/m1/s1. The Morgan fingerprint density at radius 1 is 1.26 bits per heavy atom. The van der Waals surface area contributed by atoms with Crippen molar-refractivity contribution in [2.24, 2.45) is 0 Å². The Morgan fingerprint density at radius 2 is 2.03 bits per heavy atom. The van der Waals surface area contributed by atoms with Crippen LogP contribution < -0.4 is 4.74 Å². The summed E-state index contributed by atoms with van der Waals surface area (Å²) >= 11 is 12.1. The average molecular weight is 528 g/mol. The van der Waals surface area contributed by atoms with Crippen LogP contribution in [0.15, 0.2) is 47.5 Å². The number of hydrogen-bond donors (Lipinski definition) is 1. The fraction of sp³-hybridized carbons (Fsp3) is 0.273. The normalized spacial score (nSPS) is 15.9. The molecular weight excluding hydrogens is 508 g/mol. The van der Waals surface area contributed by atoms with Crippen molar-refractivity contribution in [3.63, 3.8) is 0 Å². The zero-order valence-electron chi connectivity index (χ0n) is 17.9. The van der Waals surface area contributed by atoms with E-state index in [0.717, 1.165) is 11.8 Å². The van der Waals surface area contributed by atoms with Gasteiger partial charge < -0.3 is 9.84 Å². The van der Waals surface area contributed by atoms with Crippen molar-refractivity contribution in [2.75, 3.05) is 7.05 Å². The van der Waals surface area contributed by atoms with Gasteiger partial charge in [-0.3, -0.25) is 9.48 Å². The summed E-state index contributed by atoms with van der Waals surface area (Å²) in [6.45, 7) is -0.283. The van der Waals surface area contributed by atoms with Crippen LogP contribution in [-0.2, 0) is 27.8 Å². The van der Waals surface area contributed by atoms with Gasteiger partial charge in [0.05, 0.1) is 27.2 Å². The fourth-order valence-electron chi connectivity index (χ4n) is 3.96. The molecule has 3 aromatic rings. The maximum Gasteiger partial charge on any atom is 0.325 e. The number of aromatic nitrogens is 2. The third-order valence-electron chi connectivity index (χ3n) is 5.65. The maximum atomic E-state index is 13.4. The first-order valence-electron chi connectivity index (χ1n) is 10.2. The molecule has 0 saturated heterocycles. The number of rotatable bonds is 7. The van der Waals surface area contributed by atoms with Gasteiger partial charge in [0.2, 0.25) is 10.0 Å². The van der Waals surface area contributed by atoms with Crippen LogP contribution in [0.5, 0.6) is 11.5 Å². The highest BCUT2D eigenvalue weighted by Gasteiger charge is 2.34. The number of carboxylic acid groups (broad SMARTS) is 1. The first kappa shape index (κ1) is 24.5. The molecule has 1 heterocycles. The summed E-state index contributed by atoms with van der Waals surface area (Å²) in [4.78, 5) is 11.1. The number of carbonyl (C=O) groups is 1. The Bertz CT molecular complexity index is 1360. The Morgan fingerprint density at radius 3 is 2.71 bits per heavy atom. The molecule has 1 atom stereocenters. The molecule has 2 aromatic carbocycles. The zero-order valence-corrected chi connectivity index (χ0v) is 20.2. The van der Waals surface area contributed by atoms with E-state index in [-0.39, 0.29) is 33.0 Å². The number of sulfonamides is 1. The molecule has 1 N–H and O–H groups in total. The highest BCUT2D eigenvalue weighted by molar-refractivity contribution is 7.89. The minimum absolute atomic E-state index is 0.0328. The quantitative estimate of drug-likeness (QED) is 0.468. The number of carboxylic acids is 1. The molecule has 12 heteroatoms. The number of halogens is 3. The monoisotopic (exact) mass is 527 g/mol. The van der Waals surface area contributed by atoms with Crippen molar-refractivity contribution in [1.82, 2.24) is 14.1 Å². The van der Waals surface area contributed by atoms with Gasteiger partial charge in [0, 0.05) is 24.4 Å². The van der Waals surface area contributed by atoms with Gasteiger partial charge >= 0.3 is 5.97 Å². The number of nitrogens with zero attached hydrogens (tertiary/aromatic N) is 3. The molecule has 0 aliphatic heterocycles. The summed E-state index contributed by atoms with van der Waals surface area (Å²) in [5.41, 5.74) is 1.42. The van der Waals surface area contributed by atoms with Crippen molar-refractivity contribution < 1.29 is 27.4 Å². The minimum Gasteiger partial charge on any atom is -0.480 e. The highest BCUT2D eigenvalue weighted by atomic mass is 35.5. The summed E-state index contributed by atoms with van der Waals surface area (Å²) < 4.78 is 48.4. The smallest absolute Gasteiger partial charge is 0.325 e. The lowest BCUT2D eigenvalue weighted by molar-refractivity contribution is -0.137. The third kappa shape index (κ3) is 4.76. The van der Waals surface area contributed by atoms with E-state index in [4.69, 9.17) is 33.0 Å². The van der Waals surface area contributed by atoms with Crippen LogP contribution in [0.4, 0.5) is 4.39 Å². The molecule has 0 radical (unpaired) electrons. The van der Waals surface area contributed by atoms with Crippen LogP contribution in [0.25, 0.3) is 0 Å². The van der Waals surface area contributed by atoms with Gasteiger partial charge in [-0.2, -0.15) is 9.40 Å². The molecule has 4 rings (SSSR count). The number of ether oxygens (including phenoxy) is 1. The molecule has 1 aliphatic carbocycles. The molecule has 0 unspecified atom stereocenters. The Hall–Kier alpha value is -2.66. The van der Waals surface area contributed by atoms with Crippen molar-refractivity contribution in [3.8, 4) is 11.5 Å². The van der Waals surface area contributed by atoms with Crippen molar-refractivity contribution in [2.45, 2.75) is 36.7 Å². The SMILES string of the molecule is CN([C@@H]1CCCc2c1cnn2CC(=O)O)S(=O)(=O)c1ccc(Oc2ccc(F)c(Cl)c2)c(Cl)c1. The predicted molar refractivity (Wildman–Crippen MR) is 123 cm³/mol. The van der Waals surface area contributed by atoms with Crippen LogP contribution in [0.1, 0.15) is 30.1 Å². The van der Waals surface area contributed by atoms with Crippen LogP contribution in [0, 0.1) is 5.82 Å². The summed E-state index contributed by atoms with van der Waals surface area (Å²) in [5, 5.41) is 13.2. The van der Waals surface area contributed by atoms with E-state index in [0.29, 0.717) is 24.8 Å². The topological polar surface area (TPSA) is 102 Å². The van der Waals surface area contributed by atoms with Gasteiger partial charge in [0.1, 0.15) is 23.9 Å². The first-order valence-corrected chi connectivity index (χ1v) is 12.4. The summed E-state index contributed by atoms with van der Waals surface area (Å²) in [6, 6.07) is 7.39. The number of aliphatic carboxylic acids is 1. The van der Waals surface area contributed by atoms with Crippen LogP contribution >= 0.6 is 23.2 Å². The molecule has 180 valence electrons. The average Bonchev–Trinajstić information content (AvgIpc) is 3.19. The van der Waals surface area contributed by atoms with Crippen molar-refractivity contribution in [3.05, 3.63) is 69.7 Å². The van der Waals surface area contributed by atoms with E-state index in [1.807, 2.05) is 0 Å². The lowest BCUT2D eigenvalue weighted by Gasteiger charge is -2.31. The van der Waals surface area contributed by atoms with Crippen molar-refractivity contribution in [1.29, 1.82) is 0 Å². The zero-order chi connectivity index (χ0) is 24.6.